The van der Waals surface area contributed by atoms with E-state index in [2.05, 4.69) is 4.98 Å². The number of Topliss-reactive ketones (excluding diaryl/α,β-unsaturated/α-hetero) is 1. The molecule has 0 bridgehead atoms. The van der Waals surface area contributed by atoms with Crippen LogP contribution in [0, 0.1) is 5.41 Å². The molecule has 0 aromatic carbocycles. The number of rotatable bonds is 4. The van der Waals surface area contributed by atoms with Crippen LogP contribution < -0.4 is 0 Å². The van der Waals surface area contributed by atoms with E-state index in [1.807, 2.05) is 0 Å². The van der Waals surface area contributed by atoms with Gasteiger partial charge in [-0.15, -0.1) is 0 Å². The summed E-state index contributed by atoms with van der Waals surface area (Å²) in [6.45, 7) is 1.23. The molecule has 7 heteroatoms. The first kappa shape index (κ1) is 17.9. The highest BCUT2D eigenvalue weighted by molar-refractivity contribution is 6.10. The van der Waals surface area contributed by atoms with E-state index in [9.17, 15) is 19.2 Å². The zero-order valence-electron chi connectivity index (χ0n) is 15.5. The van der Waals surface area contributed by atoms with Gasteiger partial charge in [0.25, 0.3) is 5.91 Å². The monoisotopic (exact) mass is 371 g/mol. The van der Waals surface area contributed by atoms with Crippen LogP contribution in [0.25, 0.3) is 0 Å². The Bertz CT molecular complexity index is 785. The fourth-order valence-corrected chi connectivity index (χ4v) is 4.64. The summed E-state index contributed by atoms with van der Waals surface area (Å²) < 4.78 is 0. The maximum Gasteiger partial charge on any atom is 0.270 e. The van der Waals surface area contributed by atoms with Gasteiger partial charge in [-0.25, -0.2) is 0 Å². The van der Waals surface area contributed by atoms with Gasteiger partial charge in [0.05, 0.1) is 12.0 Å². The summed E-state index contributed by atoms with van der Waals surface area (Å²) in [7, 11) is 0. The van der Waals surface area contributed by atoms with E-state index in [0.29, 0.717) is 11.3 Å². The van der Waals surface area contributed by atoms with E-state index in [1.165, 1.54) is 12.3 Å². The molecule has 3 fully saturated rings. The molecule has 7 nitrogen and oxygen atoms in total. The molecule has 1 aliphatic carbocycles. The first-order valence-corrected chi connectivity index (χ1v) is 9.86. The van der Waals surface area contributed by atoms with Crippen LogP contribution in [0.5, 0.6) is 0 Å². The Hall–Kier alpha value is -2.44. The topological polar surface area (TPSA) is 90.5 Å². The molecule has 2 saturated heterocycles. The minimum absolute atomic E-state index is 0.110. The number of hydrogen-bond donors (Lipinski definition) is 1. The number of amides is 3. The van der Waals surface area contributed by atoms with Crippen LogP contribution in [0.1, 0.15) is 72.2 Å². The Morgan fingerprint density at radius 1 is 1.04 bits per heavy atom. The summed E-state index contributed by atoms with van der Waals surface area (Å²) in [5, 5.41) is 0. The summed E-state index contributed by atoms with van der Waals surface area (Å²) >= 11 is 0. The minimum Gasteiger partial charge on any atom is -0.356 e. The van der Waals surface area contributed by atoms with Crippen LogP contribution in [0.4, 0.5) is 0 Å². The number of imide groups is 1. The number of hydrogen-bond acceptors (Lipinski definition) is 4. The van der Waals surface area contributed by atoms with Gasteiger partial charge in [0.2, 0.25) is 11.8 Å². The van der Waals surface area contributed by atoms with Crippen molar-refractivity contribution in [2.75, 3.05) is 19.6 Å². The molecule has 4 rings (SSSR count). The van der Waals surface area contributed by atoms with Crippen molar-refractivity contribution in [1.82, 2.24) is 14.8 Å². The van der Waals surface area contributed by atoms with Gasteiger partial charge in [0.1, 0.15) is 5.69 Å². The van der Waals surface area contributed by atoms with Gasteiger partial charge in [-0.3, -0.25) is 24.1 Å². The lowest BCUT2D eigenvalue weighted by Gasteiger charge is -2.30. The first-order valence-electron chi connectivity index (χ1n) is 9.86. The van der Waals surface area contributed by atoms with Gasteiger partial charge in [-0.2, -0.15) is 0 Å². The van der Waals surface area contributed by atoms with Crippen LogP contribution >= 0.6 is 0 Å². The van der Waals surface area contributed by atoms with Gasteiger partial charge < -0.3 is 9.88 Å². The fourth-order valence-electron chi connectivity index (χ4n) is 4.64. The molecule has 144 valence electrons. The van der Waals surface area contributed by atoms with Gasteiger partial charge in [-0.1, -0.05) is 19.3 Å². The van der Waals surface area contributed by atoms with Crippen LogP contribution in [-0.4, -0.2) is 57.9 Å². The van der Waals surface area contributed by atoms with E-state index >= 15 is 0 Å². The quantitative estimate of drug-likeness (QED) is 0.648. The number of aromatic nitrogens is 1. The largest absolute Gasteiger partial charge is 0.356 e. The second-order valence-corrected chi connectivity index (χ2v) is 8.03. The van der Waals surface area contributed by atoms with Crippen molar-refractivity contribution >= 4 is 23.5 Å². The molecule has 1 aromatic rings. The zero-order valence-corrected chi connectivity index (χ0v) is 15.5. The molecule has 2 aliphatic heterocycles. The van der Waals surface area contributed by atoms with Gasteiger partial charge in [-0.05, 0) is 31.7 Å². The first-order chi connectivity index (χ1) is 13.0. The van der Waals surface area contributed by atoms with Crippen molar-refractivity contribution in [3.05, 3.63) is 23.5 Å². The standard InChI is InChI=1S/C20H25N3O4/c24-16(14-10-15(21-12-14)18(26)22-8-4-5-9-22)13-23-17(25)11-20(19(23)27)6-2-1-3-7-20/h10,12,21H,1-9,11,13H2. The normalized spacial score (nSPS) is 22.1. The average molecular weight is 371 g/mol. The van der Waals surface area contributed by atoms with Gasteiger partial charge >= 0.3 is 0 Å². The van der Waals surface area contributed by atoms with Crippen molar-refractivity contribution < 1.29 is 19.2 Å². The van der Waals surface area contributed by atoms with E-state index in [0.717, 1.165) is 62.9 Å². The third-order valence-corrected chi connectivity index (χ3v) is 6.23. The Labute approximate surface area is 158 Å². The van der Waals surface area contributed by atoms with E-state index in [4.69, 9.17) is 0 Å². The molecule has 3 heterocycles. The maximum atomic E-state index is 12.8. The smallest absolute Gasteiger partial charge is 0.270 e. The highest BCUT2D eigenvalue weighted by Crippen LogP contribution is 2.45. The predicted octanol–water partition coefficient (Wildman–Crippen LogP) is 2.14. The summed E-state index contributed by atoms with van der Waals surface area (Å²) in [6, 6.07) is 1.53. The molecule has 1 N–H and O–H groups in total. The molecule has 27 heavy (non-hydrogen) atoms. The number of H-pyrrole nitrogens is 1. The summed E-state index contributed by atoms with van der Waals surface area (Å²) in [5.41, 5.74) is 0.135. The Kier molecular flexibility index (Phi) is 4.61. The van der Waals surface area contributed by atoms with Crippen molar-refractivity contribution in [2.45, 2.75) is 51.4 Å². The molecule has 3 amide bonds. The molecular formula is C20H25N3O4. The van der Waals surface area contributed by atoms with E-state index < -0.39 is 5.41 Å². The number of ketones is 1. The number of nitrogens with zero attached hydrogens (tertiary/aromatic N) is 2. The van der Waals surface area contributed by atoms with Crippen LogP contribution in [0.15, 0.2) is 12.3 Å². The average Bonchev–Trinajstić information content (AvgIpc) is 3.40. The molecule has 1 saturated carbocycles. The van der Waals surface area contributed by atoms with Crippen molar-refractivity contribution in [3.8, 4) is 0 Å². The van der Waals surface area contributed by atoms with E-state index in [-0.39, 0.29) is 36.5 Å². The van der Waals surface area contributed by atoms with E-state index in [1.54, 1.807) is 4.90 Å². The fraction of sp³-hybridized carbons (Fsp3) is 0.600. The Morgan fingerprint density at radius 3 is 2.44 bits per heavy atom. The summed E-state index contributed by atoms with van der Waals surface area (Å²) in [4.78, 5) is 56.0. The van der Waals surface area contributed by atoms with Crippen LogP contribution in [0.2, 0.25) is 0 Å². The molecule has 0 radical (unpaired) electrons. The number of carbonyl (C=O) groups is 4. The molecule has 0 unspecified atom stereocenters. The van der Waals surface area contributed by atoms with Crippen LogP contribution in [0.3, 0.4) is 0 Å². The van der Waals surface area contributed by atoms with Crippen molar-refractivity contribution in [3.63, 3.8) is 0 Å². The summed E-state index contributed by atoms with van der Waals surface area (Å²) in [5.74, 6) is -0.870. The lowest BCUT2D eigenvalue weighted by Crippen LogP contribution is -2.39. The zero-order chi connectivity index (χ0) is 19.0. The second-order valence-electron chi connectivity index (χ2n) is 8.03. The lowest BCUT2D eigenvalue weighted by atomic mass is 9.73. The molecule has 0 atom stereocenters. The maximum absolute atomic E-state index is 12.8. The predicted molar refractivity (Wildman–Crippen MR) is 97.1 cm³/mol. The van der Waals surface area contributed by atoms with Crippen molar-refractivity contribution in [2.24, 2.45) is 5.41 Å². The lowest BCUT2D eigenvalue weighted by molar-refractivity contribution is -0.141. The van der Waals surface area contributed by atoms with Gasteiger partial charge in [0, 0.05) is 31.3 Å². The third-order valence-electron chi connectivity index (χ3n) is 6.23. The Morgan fingerprint density at radius 2 is 1.74 bits per heavy atom. The number of likely N-dealkylation sites (tertiary alicyclic amines) is 2. The van der Waals surface area contributed by atoms with Crippen LogP contribution in [-0.2, 0) is 9.59 Å². The highest BCUT2D eigenvalue weighted by Gasteiger charge is 2.51. The number of nitrogens with one attached hydrogen (secondary N) is 1. The molecule has 1 spiro atoms. The second kappa shape index (κ2) is 6.94. The minimum atomic E-state index is -0.579. The number of aromatic amines is 1. The summed E-state index contributed by atoms with van der Waals surface area (Å²) in [6.07, 6.45) is 8.21. The van der Waals surface area contributed by atoms with Crippen molar-refractivity contribution in [1.29, 1.82) is 0 Å². The number of carbonyl (C=O) groups excluding carboxylic acids is 4. The SMILES string of the molecule is O=C(CN1C(=O)CC2(CCCCC2)C1=O)c1c[nH]c(C(=O)N2CCCC2)c1. The molecular weight excluding hydrogens is 346 g/mol. The van der Waals surface area contributed by atoms with Gasteiger partial charge in [0.15, 0.2) is 5.78 Å². The molecule has 1 aromatic heterocycles. The third kappa shape index (κ3) is 3.19. The Balaban J connectivity index is 1.44. The highest BCUT2D eigenvalue weighted by atomic mass is 16.2. The molecule has 3 aliphatic rings.